The second-order valence-electron chi connectivity index (χ2n) is 5.32. The molecule has 110 valence electrons. The van der Waals surface area contributed by atoms with Crippen molar-refractivity contribution in [2.45, 2.75) is 25.5 Å². The lowest BCUT2D eigenvalue weighted by molar-refractivity contribution is 0.222. The third-order valence-electron chi connectivity index (χ3n) is 3.81. The van der Waals surface area contributed by atoms with Gasteiger partial charge in [0.05, 0.1) is 10.0 Å². The minimum Gasteiger partial charge on any atom is -0.488 e. The molecular formula is C17H17Cl2NO. The van der Waals surface area contributed by atoms with Crippen LogP contribution in [-0.4, -0.2) is 12.6 Å². The molecule has 0 radical (unpaired) electrons. The maximum atomic E-state index is 6.25. The van der Waals surface area contributed by atoms with Crippen LogP contribution < -0.4 is 10.1 Å². The van der Waals surface area contributed by atoms with Crippen molar-refractivity contribution in [1.82, 2.24) is 5.32 Å². The molecule has 0 aliphatic carbocycles. The molecule has 1 N–H and O–H groups in total. The Morgan fingerprint density at radius 2 is 2.00 bits per heavy atom. The summed E-state index contributed by atoms with van der Waals surface area (Å²) in [6.45, 7) is 2.86. The van der Waals surface area contributed by atoms with Crippen molar-refractivity contribution in [1.29, 1.82) is 0 Å². The molecular weight excluding hydrogens is 305 g/mol. The van der Waals surface area contributed by atoms with Crippen LogP contribution in [-0.2, 0) is 6.42 Å². The zero-order chi connectivity index (χ0) is 14.8. The Hall–Kier alpha value is -1.22. The Morgan fingerprint density at radius 1 is 1.19 bits per heavy atom. The molecule has 0 amide bonds. The van der Waals surface area contributed by atoms with Crippen LogP contribution in [0.4, 0.5) is 0 Å². The van der Waals surface area contributed by atoms with Crippen molar-refractivity contribution in [3.05, 3.63) is 63.6 Å². The van der Waals surface area contributed by atoms with Gasteiger partial charge in [-0.15, -0.1) is 0 Å². The molecule has 1 aliphatic heterocycles. The Morgan fingerprint density at radius 3 is 2.81 bits per heavy atom. The predicted octanol–water partition coefficient (Wildman–Crippen LogP) is 4.65. The summed E-state index contributed by atoms with van der Waals surface area (Å²) in [6, 6.07) is 14.0. The van der Waals surface area contributed by atoms with E-state index in [2.05, 4.69) is 18.3 Å². The van der Waals surface area contributed by atoms with Gasteiger partial charge in [-0.05, 0) is 30.2 Å². The quantitative estimate of drug-likeness (QED) is 0.885. The van der Waals surface area contributed by atoms with Gasteiger partial charge in [-0.3, -0.25) is 0 Å². The van der Waals surface area contributed by atoms with E-state index in [4.69, 9.17) is 27.9 Å². The van der Waals surface area contributed by atoms with Crippen LogP contribution in [0.25, 0.3) is 0 Å². The number of hydrogen-bond acceptors (Lipinski definition) is 2. The topological polar surface area (TPSA) is 21.3 Å². The van der Waals surface area contributed by atoms with E-state index < -0.39 is 0 Å². The summed E-state index contributed by atoms with van der Waals surface area (Å²) in [7, 11) is 0. The second kappa shape index (κ2) is 6.27. The van der Waals surface area contributed by atoms with Gasteiger partial charge in [-0.2, -0.15) is 0 Å². The molecule has 0 fully saturated rings. The van der Waals surface area contributed by atoms with E-state index in [9.17, 15) is 0 Å². The van der Waals surface area contributed by atoms with Gasteiger partial charge in [-0.25, -0.2) is 0 Å². The maximum Gasteiger partial charge on any atom is 0.123 e. The smallest absolute Gasteiger partial charge is 0.123 e. The van der Waals surface area contributed by atoms with Crippen molar-refractivity contribution in [3.63, 3.8) is 0 Å². The number of fused-ring (bicyclic) bond motifs is 1. The van der Waals surface area contributed by atoms with Crippen molar-refractivity contribution in [3.8, 4) is 5.75 Å². The highest BCUT2D eigenvalue weighted by Crippen LogP contribution is 2.31. The first kappa shape index (κ1) is 14.7. The standard InChI is InChI=1S/C17H17Cl2NO/c1-11(14-6-4-7-15(18)17(14)19)20-10-13-9-12-5-2-3-8-16(12)21-13/h2-8,11,13,20H,9-10H2,1H3. The van der Waals surface area contributed by atoms with Crippen molar-refractivity contribution < 1.29 is 4.74 Å². The minimum absolute atomic E-state index is 0.128. The molecule has 0 bridgehead atoms. The van der Waals surface area contributed by atoms with Gasteiger partial charge in [0.2, 0.25) is 0 Å². The Bertz CT molecular complexity index is 619. The molecule has 2 atom stereocenters. The third kappa shape index (κ3) is 3.18. The van der Waals surface area contributed by atoms with E-state index in [1.54, 1.807) is 6.07 Å². The third-order valence-corrected chi connectivity index (χ3v) is 4.65. The van der Waals surface area contributed by atoms with Gasteiger partial charge in [-0.1, -0.05) is 53.5 Å². The first-order valence-electron chi connectivity index (χ1n) is 7.07. The normalized spacial score (nSPS) is 18.1. The first-order valence-corrected chi connectivity index (χ1v) is 7.82. The molecule has 2 aromatic rings. The summed E-state index contributed by atoms with van der Waals surface area (Å²) in [5, 5.41) is 4.69. The van der Waals surface area contributed by atoms with Gasteiger partial charge in [0.15, 0.2) is 0 Å². The number of nitrogens with one attached hydrogen (secondary N) is 1. The van der Waals surface area contributed by atoms with Crippen LogP contribution in [0, 0.1) is 0 Å². The molecule has 0 saturated carbocycles. The average molecular weight is 322 g/mol. The molecule has 0 aromatic heterocycles. The van der Waals surface area contributed by atoms with Crippen molar-refractivity contribution in [2.24, 2.45) is 0 Å². The van der Waals surface area contributed by atoms with Gasteiger partial charge in [0.1, 0.15) is 11.9 Å². The minimum atomic E-state index is 0.128. The number of para-hydroxylation sites is 1. The van der Waals surface area contributed by atoms with E-state index in [0.717, 1.165) is 24.3 Å². The number of ether oxygens (including phenoxy) is 1. The Labute approximate surface area is 135 Å². The van der Waals surface area contributed by atoms with Gasteiger partial charge < -0.3 is 10.1 Å². The van der Waals surface area contributed by atoms with Crippen LogP contribution in [0.1, 0.15) is 24.1 Å². The second-order valence-corrected chi connectivity index (χ2v) is 6.11. The predicted molar refractivity (Wildman–Crippen MR) is 87.4 cm³/mol. The Balaban J connectivity index is 1.60. The number of halogens is 2. The summed E-state index contributed by atoms with van der Waals surface area (Å²) in [6.07, 6.45) is 1.11. The molecule has 0 spiro atoms. The van der Waals surface area contributed by atoms with Gasteiger partial charge in [0.25, 0.3) is 0 Å². The van der Waals surface area contributed by atoms with E-state index in [0.29, 0.717) is 10.0 Å². The lowest BCUT2D eigenvalue weighted by Gasteiger charge is -2.19. The molecule has 4 heteroatoms. The molecule has 2 unspecified atom stereocenters. The summed E-state index contributed by atoms with van der Waals surface area (Å²) < 4.78 is 5.93. The molecule has 0 saturated heterocycles. The molecule has 1 aliphatic rings. The summed E-state index contributed by atoms with van der Waals surface area (Å²) in [4.78, 5) is 0. The highest BCUT2D eigenvalue weighted by Gasteiger charge is 2.23. The van der Waals surface area contributed by atoms with E-state index in [-0.39, 0.29) is 12.1 Å². The zero-order valence-corrected chi connectivity index (χ0v) is 13.3. The van der Waals surface area contributed by atoms with Crippen LogP contribution in [0.2, 0.25) is 10.0 Å². The molecule has 2 nitrogen and oxygen atoms in total. The van der Waals surface area contributed by atoms with Crippen molar-refractivity contribution in [2.75, 3.05) is 6.54 Å². The lowest BCUT2D eigenvalue weighted by Crippen LogP contribution is -2.32. The fraction of sp³-hybridized carbons (Fsp3) is 0.294. The van der Waals surface area contributed by atoms with Crippen LogP contribution in [0.5, 0.6) is 5.75 Å². The van der Waals surface area contributed by atoms with Crippen LogP contribution in [0.3, 0.4) is 0 Å². The van der Waals surface area contributed by atoms with Crippen molar-refractivity contribution >= 4 is 23.2 Å². The summed E-state index contributed by atoms with van der Waals surface area (Å²) >= 11 is 12.3. The van der Waals surface area contributed by atoms with Crippen LogP contribution >= 0.6 is 23.2 Å². The highest BCUT2D eigenvalue weighted by molar-refractivity contribution is 6.42. The van der Waals surface area contributed by atoms with Crippen LogP contribution in [0.15, 0.2) is 42.5 Å². The van der Waals surface area contributed by atoms with Gasteiger partial charge in [0, 0.05) is 19.0 Å². The molecule has 1 heterocycles. The SMILES string of the molecule is CC(NCC1Cc2ccccc2O1)c1cccc(Cl)c1Cl. The fourth-order valence-electron chi connectivity index (χ4n) is 2.64. The van der Waals surface area contributed by atoms with E-state index in [1.807, 2.05) is 30.3 Å². The summed E-state index contributed by atoms with van der Waals surface area (Å²) in [5.74, 6) is 0.998. The number of benzene rings is 2. The summed E-state index contributed by atoms with van der Waals surface area (Å²) in [5.41, 5.74) is 2.29. The maximum absolute atomic E-state index is 6.25. The highest BCUT2D eigenvalue weighted by atomic mass is 35.5. The largest absolute Gasteiger partial charge is 0.488 e. The monoisotopic (exact) mass is 321 g/mol. The van der Waals surface area contributed by atoms with E-state index in [1.165, 1.54) is 5.56 Å². The zero-order valence-electron chi connectivity index (χ0n) is 11.8. The van der Waals surface area contributed by atoms with E-state index >= 15 is 0 Å². The number of rotatable bonds is 4. The lowest BCUT2D eigenvalue weighted by atomic mass is 10.1. The fourth-order valence-corrected chi connectivity index (χ4v) is 3.11. The average Bonchev–Trinajstić information content (AvgIpc) is 2.90. The number of hydrogen-bond donors (Lipinski definition) is 1. The molecule has 2 aromatic carbocycles. The first-order chi connectivity index (χ1) is 10.1. The van der Waals surface area contributed by atoms with Gasteiger partial charge >= 0.3 is 0 Å². The molecule has 3 rings (SSSR count). The Kier molecular flexibility index (Phi) is 4.39. The molecule has 21 heavy (non-hydrogen) atoms.